The molecule has 2 atom stereocenters. The van der Waals surface area contributed by atoms with Crippen molar-refractivity contribution in [3.05, 3.63) is 35.6 Å². The summed E-state index contributed by atoms with van der Waals surface area (Å²) in [4.78, 5) is 14.3. The maximum Gasteiger partial charge on any atom is 0.164 e. The Hall–Kier alpha value is -1.26. The van der Waals surface area contributed by atoms with E-state index in [-0.39, 0.29) is 17.7 Å². The summed E-state index contributed by atoms with van der Waals surface area (Å²) in [5.74, 6) is -0.370. The Morgan fingerprint density at radius 2 is 2.26 bits per heavy atom. The van der Waals surface area contributed by atoms with E-state index in [9.17, 15) is 9.18 Å². The number of hydrogen-bond acceptors (Lipinski definition) is 3. The van der Waals surface area contributed by atoms with Gasteiger partial charge in [0.2, 0.25) is 0 Å². The fraction of sp³-hybridized carbons (Fsp3) is 0.533. The van der Waals surface area contributed by atoms with Crippen molar-refractivity contribution in [3.8, 4) is 0 Å². The van der Waals surface area contributed by atoms with Crippen molar-refractivity contribution in [2.45, 2.75) is 32.4 Å². The summed E-state index contributed by atoms with van der Waals surface area (Å²) in [5, 5.41) is 0. The van der Waals surface area contributed by atoms with Crippen molar-refractivity contribution in [2.24, 2.45) is 0 Å². The predicted molar refractivity (Wildman–Crippen MR) is 71.8 cm³/mol. The Bertz CT molecular complexity index is 450. The molecule has 4 heteroatoms. The quantitative estimate of drug-likeness (QED) is 0.783. The minimum atomic E-state index is -0.362. The number of benzene rings is 1. The molecular weight excluding hydrogens is 245 g/mol. The number of morpholine rings is 1. The van der Waals surface area contributed by atoms with Crippen LogP contribution in [0.2, 0.25) is 0 Å². The highest BCUT2D eigenvalue weighted by Crippen LogP contribution is 2.13. The molecule has 0 aromatic heterocycles. The first-order chi connectivity index (χ1) is 9.06. The molecule has 0 spiro atoms. The molecule has 19 heavy (non-hydrogen) atoms. The van der Waals surface area contributed by atoms with E-state index < -0.39 is 0 Å². The van der Waals surface area contributed by atoms with Gasteiger partial charge in [0.25, 0.3) is 0 Å². The Morgan fingerprint density at radius 3 is 3.00 bits per heavy atom. The zero-order valence-electron chi connectivity index (χ0n) is 11.4. The Labute approximate surface area is 113 Å². The maximum atomic E-state index is 13.1. The van der Waals surface area contributed by atoms with Crippen LogP contribution >= 0.6 is 0 Å². The third-order valence-corrected chi connectivity index (χ3v) is 3.51. The van der Waals surface area contributed by atoms with Gasteiger partial charge in [-0.3, -0.25) is 9.69 Å². The second kappa shape index (κ2) is 6.26. The maximum absolute atomic E-state index is 13.1. The van der Waals surface area contributed by atoms with Gasteiger partial charge in [0.05, 0.1) is 12.7 Å². The van der Waals surface area contributed by atoms with Gasteiger partial charge in [-0.15, -0.1) is 0 Å². The van der Waals surface area contributed by atoms with Crippen LogP contribution in [0.4, 0.5) is 4.39 Å². The van der Waals surface area contributed by atoms with Crippen LogP contribution in [0.1, 0.15) is 30.6 Å². The lowest BCUT2D eigenvalue weighted by Crippen LogP contribution is -2.47. The summed E-state index contributed by atoms with van der Waals surface area (Å²) < 4.78 is 18.6. The molecule has 2 unspecified atom stereocenters. The summed E-state index contributed by atoms with van der Waals surface area (Å²) >= 11 is 0. The van der Waals surface area contributed by atoms with Crippen molar-refractivity contribution in [2.75, 3.05) is 19.7 Å². The number of nitrogens with zero attached hydrogens (tertiary/aromatic N) is 1. The molecule has 2 rings (SSSR count). The van der Waals surface area contributed by atoms with Crippen LogP contribution in [0, 0.1) is 5.82 Å². The first-order valence-corrected chi connectivity index (χ1v) is 6.70. The third-order valence-electron chi connectivity index (χ3n) is 3.51. The summed E-state index contributed by atoms with van der Waals surface area (Å²) in [6, 6.07) is 6.21. The van der Waals surface area contributed by atoms with Gasteiger partial charge in [0, 0.05) is 31.1 Å². The summed E-state index contributed by atoms with van der Waals surface area (Å²) in [6.07, 6.45) is 0.626. The number of hydrogen-bond donors (Lipinski definition) is 0. The highest BCUT2D eigenvalue weighted by atomic mass is 19.1. The lowest BCUT2D eigenvalue weighted by atomic mass is 10.1. The van der Waals surface area contributed by atoms with Crippen molar-refractivity contribution >= 4 is 5.78 Å². The minimum absolute atomic E-state index is 0.00848. The molecule has 1 saturated heterocycles. The summed E-state index contributed by atoms with van der Waals surface area (Å²) in [7, 11) is 0. The molecule has 1 aliphatic heterocycles. The lowest BCUT2D eigenvalue weighted by molar-refractivity contribution is -0.0488. The molecule has 1 fully saturated rings. The van der Waals surface area contributed by atoms with Crippen LogP contribution in [0.25, 0.3) is 0 Å². The van der Waals surface area contributed by atoms with Gasteiger partial charge in [-0.2, -0.15) is 0 Å². The predicted octanol–water partition coefficient (Wildman–Crippen LogP) is 2.51. The molecular formula is C15H20FNO2. The zero-order chi connectivity index (χ0) is 13.8. The molecule has 0 amide bonds. The number of Topliss-reactive ketones (excluding diaryl/α,β-unsaturated/α-hetero) is 1. The fourth-order valence-electron chi connectivity index (χ4n) is 2.33. The SMILES string of the molecule is CC1CN(CCC(=O)c2cccc(F)c2)C(C)CO1. The normalized spacial score (nSPS) is 24.4. The van der Waals surface area contributed by atoms with E-state index in [1.165, 1.54) is 12.1 Å². The second-order valence-electron chi connectivity index (χ2n) is 5.17. The van der Waals surface area contributed by atoms with Gasteiger partial charge in [-0.1, -0.05) is 12.1 Å². The standard InChI is InChI=1S/C15H20FNO2/c1-11-10-19-12(2)9-17(11)7-6-15(18)13-4-3-5-14(16)8-13/h3-5,8,11-12H,6-7,9-10H2,1-2H3. The number of ketones is 1. The number of halogens is 1. The second-order valence-corrected chi connectivity index (χ2v) is 5.17. The first kappa shape index (κ1) is 14.2. The number of carbonyl (C=O) groups excluding carboxylic acids is 1. The van der Waals surface area contributed by atoms with Crippen LogP contribution in [-0.4, -0.2) is 42.5 Å². The molecule has 1 aromatic rings. The Kier molecular flexibility index (Phi) is 4.66. The van der Waals surface area contributed by atoms with Crippen LogP contribution in [0.15, 0.2) is 24.3 Å². The average molecular weight is 265 g/mol. The van der Waals surface area contributed by atoms with E-state index in [0.717, 1.165) is 6.54 Å². The van der Waals surface area contributed by atoms with E-state index in [0.29, 0.717) is 31.2 Å². The molecule has 0 bridgehead atoms. The number of rotatable bonds is 4. The Balaban J connectivity index is 1.89. The van der Waals surface area contributed by atoms with Gasteiger partial charge in [0.1, 0.15) is 5.82 Å². The summed E-state index contributed by atoms with van der Waals surface area (Å²) in [5.41, 5.74) is 0.453. The molecule has 3 nitrogen and oxygen atoms in total. The van der Waals surface area contributed by atoms with Gasteiger partial charge < -0.3 is 4.74 Å². The van der Waals surface area contributed by atoms with Crippen LogP contribution in [-0.2, 0) is 4.74 Å². The van der Waals surface area contributed by atoms with Crippen LogP contribution < -0.4 is 0 Å². The minimum Gasteiger partial charge on any atom is -0.376 e. The topological polar surface area (TPSA) is 29.5 Å². The van der Waals surface area contributed by atoms with Crippen molar-refractivity contribution in [1.29, 1.82) is 0 Å². The molecule has 0 aliphatic carbocycles. The van der Waals surface area contributed by atoms with Gasteiger partial charge in [-0.25, -0.2) is 4.39 Å². The largest absolute Gasteiger partial charge is 0.376 e. The molecule has 1 aliphatic rings. The smallest absolute Gasteiger partial charge is 0.164 e. The molecule has 0 N–H and O–H groups in total. The van der Waals surface area contributed by atoms with Gasteiger partial charge >= 0.3 is 0 Å². The summed E-state index contributed by atoms with van der Waals surface area (Å²) in [6.45, 7) is 6.38. The fourth-order valence-corrected chi connectivity index (χ4v) is 2.33. The molecule has 0 radical (unpaired) electrons. The third kappa shape index (κ3) is 3.85. The van der Waals surface area contributed by atoms with Crippen LogP contribution in [0.5, 0.6) is 0 Å². The van der Waals surface area contributed by atoms with Gasteiger partial charge in [0.15, 0.2) is 5.78 Å². The first-order valence-electron chi connectivity index (χ1n) is 6.70. The molecule has 1 aromatic carbocycles. The van der Waals surface area contributed by atoms with Crippen molar-refractivity contribution in [1.82, 2.24) is 4.90 Å². The van der Waals surface area contributed by atoms with Crippen molar-refractivity contribution in [3.63, 3.8) is 0 Å². The lowest BCUT2D eigenvalue weighted by Gasteiger charge is -2.36. The van der Waals surface area contributed by atoms with Crippen LogP contribution in [0.3, 0.4) is 0 Å². The zero-order valence-corrected chi connectivity index (χ0v) is 11.4. The number of carbonyl (C=O) groups is 1. The highest BCUT2D eigenvalue weighted by Gasteiger charge is 2.23. The Morgan fingerprint density at radius 1 is 1.47 bits per heavy atom. The average Bonchev–Trinajstić information content (AvgIpc) is 2.39. The van der Waals surface area contributed by atoms with E-state index in [4.69, 9.17) is 4.74 Å². The van der Waals surface area contributed by atoms with E-state index in [1.807, 2.05) is 6.92 Å². The van der Waals surface area contributed by atoms with E-state index in [1.54, 1.807) is 12.1 Å². The van der Waals surface area contributed by atoms with Crippen molar-refractivity contribution < 1.29 is 13.9 Å². The van der Waals surface area contributed by atoms with Gasteiger partial charge in [-0.05, 0) is 26.0 Å². The highest BCUT2D eigenvalue weighted by molar-refractivity contribution is 5.96. The number of ether oxygens (including phenoxy) is 1. The molecule has 0 saturated carbocycles. The van der Waals surface area contributed by atoms with E-state index in [2.05, 4.69) is 11.8 Å². The van der Waals surface area contributed by atoms with E-state index >= 15 is 0 Å². The monoisotopic (exact) mass is 265 g/mol. The molecule has 1 heterocycles. The molecule has 104 valence electrons.